The molecule has 19 heavy (non-hydrogen) atoms. The van der Waals surface area contributed by atoms with Crippen LogP contribution in [0.4, 0.5) is 0 Å². The summed E-state index contributed by atoms with van der Waals surface area (Å²) in [5, 5.41) is 3.81. The van der Waals surface area contributed by atoms with Crippen molar-refractivity contribution in [3.8, 4) is 5.75 Å². The molecule has 104 valence electrons. The predicted octanol–water partition coefficient (Wildman–Crippen LogP) is 2.03. The van der Waals surface area contributed by atoms with Crippen LogP contribution < -0.4 is 10.1 Å². The summed E-state index contributed by atoms with van der Waals surface area (Å²) in [7, 11) is -2.85. The van der Waals surface area contributed by atoms with Gasteiger partial charge in [0.1, 0.15) is 5.75 Å². The highest BCUT2D eigenvalue weighted by molar-refractivity contribution is 7.91. The second-order valence-electron chi connectivity index (χ2n) is 4.49. The molecule has 0 saturated carbocycles. The molecule has 1 N–H and O–H groups in total. The normalized spacial score (nSPS) is 21.0. The number of ether oxygens (including phenoxy) is 1. The van der Waals surface area contributed by atoms with Crippen LogP contribution in [0, 0.1) is 5.92 Å². The average Bonchev–Trinajstić information content (AvgIpc) is 2.69. The molecule has 0 amide bonds. The molecular weight excluding hydrogens is 306 g/mol. The second kappa shape index (κ2) is 6.07. The molecule has 2 rings (SSSR count). The van der Waals surface area contributed by atoms with E-state index in [0.29, 0.717) is 23.7 Å². The maximum atomic E-state index is 11.3. The van der Waals surface area contributed by atoms with Gasteiger partial charge in [-0.25, -0.2) is 8.42 Å². The lowest BCUT2D eigenvalue weighted by atomic mass is 10.1. The lowest BCUT2D eigenvalue weighted by Gasteiger charge is -2.12. The number of benzene rings is 1. The van der Waals surface area contributed by atoms with Crippen LogP contribution in [0.5, 0.6) is 5.75 Å². The van der Waals surface area contributed by atoms with Crippen molar-refractivity contribution in [3.05, 3.63) is 29.3 Å². The zero-order chi connectivity index (χ0) is 13.9. The third kappa shape index (κ3) is 4.63. The highest BCUT2D eigenvalue weighted by Crippen LogP contribution is 2.18. The van der Waals surface area contributed by atoms with Crippen molar-refractivity contribution in [1.82, 2.24) is 5.32 Å². The van der Waals surface area contributed by atoms with E-state index < -0.39 is 9.84 Å². The minimum atomic E-state index is -2.85. The van der Waals surface area contributed by atoms with Crippen LogP contribution in [0.3, 0.4) is 0 Å². The van der Waals surface area contributed by atoms with E-state index in [2.05, 4.69) is 5.32 Å². The number of rotatable bonds is 3. The number of sulfone groups is 1. The molecule has 4 nitrogen and oxygen atoms in total. The van der Waals surface area contributed by atoms with Crippen molar-refractivity contribution >= 4 is 38.8 Å². The van der Waals surface area contributed by atoms with E-state index in [-0.39, 0.29) is 22.6 Å². The van der Waals surface area contributed by atoms with Crippen molar-refractivity contribution in [2.75, 3.05) is 18.1 Å². The first-order chi connectivity index (χ1) is 8.94. The molecule has 0 aromatic heterocycles. The number of hydrogen-bond donors (Lipinski definition) is 1. The van der Waals surface area contributed by atoms with Crippen LogP contribution in [0.2, 0.25) is 5.02 Å². The van der Waals surface area contributed by atoms with Gasteiger partial charge >= 0.3 is 0 Å². The van der Waals surface area contributed by atoms with Gasteiger partial charge in [0.2, 0.25) is 0 Å². The Balaban J connectivity index is 1.78. The SMILES string of the molecule is O=S1(=O)CCC(CNC(=S)Oc2ccc(Cl)cc2)C1. The maximum Gasteiger partial charge on any atom is 0.262 e. The zero-order valence-electron chi connectivity index (χ0n) is 10.1. The minimum Gasteiger partial charge on any atom is -0.432 e. The molecule has 1 atom stereocenters. The van der Waals surface area contributed by atoms with Crippen LogP contribution in [-0.2, 0) is 9.84 Å². The molecule has 1 unspecified atom stereocenters. The van der Waals surface area contributed by atoms with Crippen LogP contribution in [0.15, 0.2) is 24.3 Å². The Morgan fingerprint density at radius 1 is 1.42 bits per heavy atom. The molecule has 7 heteroatoms. The van der Waals surface area contributed by atoms with Crippen molar-refractivity contribution in [2.45, 2.75) is 6.42 Å². The molecular formula is C12H14ClNO3S2. The van der Waals surface area contributed by atoms with E-state index in [1.807, 2.05) is 0 Å². The van der Waals surface area contributed by atoms with Crippen LogP contribution in [0.1, 0.15) is 6.42 Å². The van der Waals surface area contributed by atoms with Gasteiger partial charge < -0.3 is 10.1 Å². The van der Waals surface area contributed by atoms with E-state index in [4.69, 9.17) is 28.6 Å². The molecule has 1 aliphatic rings. The van der Waals surface area contributed by atoms with Gasteiger partial charge in [0.15, 0.2) is 9.84 Å². The summed E-state index contributed by atoms with van der Waals surface area (Å²) in [4.78, 5) is 0. The zero-order valence-corrected chi connectivity index (χ0v) is 12.5. The monoisotopic (exact) mass is 319 g/mol. The topological polar surface area (TPSA) is 55.4 Å². The second-order valence-corrected chi connectivity index (χ2v) is 7.53. The van der Waals surface area contributed by atoms with Gasteiger partial charge in [-0.2, -0.15) is 0 Å². The largest absolute Gasteiger partial charge is 0.432 e. The third-order valence-electron chi connectivity index (χ3n) is 2.89. The standard InChI is InChI=1S/C12H14ClNO3S2/c13-10-1-3-11(4-2-10)17-12(18)14-7-9-5-6-19(15,16)8-9/h1-4,9H,5-8H2,(H,14,18). The first-order valence-corrected chi connectivity index (χ1v) is 8.47. The molecule has 0 spiro atoms. The summed E-state index contributed by atoms with van der Waals surface area (Å²) in [5.74, 6) is 1.20. The average molecular weight is 320 g/mol. The van der Waals surface area contributed by atoms with Gasteiger partial charge in [0, 0.05) is 11.6 Å². The Labute approximate surface area is 123 Å². The molecule has 1 fully saturated rings. The molecule has 1 aromatic carbocycles. The van der Waals surface area contributed by atoms with Crippen LogP contribution in [0.25, 0.3) is 0 Å². The fraction of sp³-hybridized carbons (Fsp3) is 0.417. The highest BCUT2D eigenvalue weighted by atomic mass is 35.5. The quantitative estimate of drug-likeness (QED) is 0.864. The first kappa shape index (κ1) is 14.6. The van der Waals surface area contributed by atoms with Crippen LogP contribution >= 0.6 is 23.8 Å². The summed E-state index contributed by atoms with van der Waals surface area (Å²) in [5.41, 5.74) is 0. The lowest BCUT2D eigenvalue weighted by molar-refractivity contribution is 0.502. The van der Waals surface area contributed by atoms with E-state index in [1.165, 1.54) is 0 Å². The Morgan fingerprint density at radius 2 is 2.11 bits per heavy atom. The maximum absolute atomic E-state index is 11.3. The van der Waals surface area contributed by atoms with Gasteiger partial charge in [-0.05, 0) is 48.8 Å². The van der Waals surface area contributed by atoms with Gasteiger partial charge in [-0.1, -0.05) is 11.6 Å². The fourth-order valence-electron chi connectivity index (χ4n) is 1.91. The van der Waals surface area contributed by atoms with Gasteiger partial charge in [-0.15, -0.1) is 0 Å². The lowest BCUT2D eigenvalue weighted by Crippen LogP contribution is -2.31. The Kier molecular flexibility index (Phi) is 4.65. The van der Waals surface area contributed by atoms with Crippen molar-refractivity contribution < 1.29 is 13.2 Å². The molecule has 0 aliphatic carbocycles. The van der Waals surface area contributed by atoms with Gasteiger partial charge in [0.05, 0.1) is 11.5 Å². The van der Waals surface area contributed by atoms with E-state index in [1.54, 1.807) is 24.3 Å². The molecule has 1 aromatic rings. The number of thiocarbonyl (C=S) groups is 1. The first-order valence-electron chi connectivity index (χ1n) is 5.86. The van der Waals surface area contributed by atoms with Gasteiger partial charge in [-0.3, -0.25) is 0 Å². The van der Waals surface area contributed by atoms with E-state index >= 15 is 0 Å². The summed E-state index contributed by atoms with van der Waals surface area (Å²) >= 11 is 10.8. The molecule has 0 radical (unpaired) electrons. The van der Waals surface area contributed by atoms with Crippen molar-refractivity contribution in [1.29, 1.82) is 0 Å². The summed E-state index contributed by atoms with van der Waals surface area (Å²) in [6.07, 6.45) is 0.679. The number of hydrogen-bond acceptors (Lipinski definition) is 4. The van der Waals surface area contributed by atoms with Crippen LogP contribution in [-0.4, -0.2) is 31.6 Å². The summed E-state index contributed by atoms with van der Waals surface area (Å²) in [6, 6.07) is 6.86. The fourth-order valence-corrected chi connectivity index (χ4v) is 4.07. The molecule has 1 heterocycles. The molecule has 0 bridgehead atoms. The predicted molar refractivity (Wildman–Crippen MR) is 79.4 cm³/mol. The number of nitrogens with one attached hydrogen (secondary N) is 1. The summed E-state index contributed by atoms with van der Waals surface area (Å²) < 4.78 is 28.0. The third-order valence-corrected chi connectivity index (χ3v) is 5.20. The Morgan fingerprint density at radius 3 is 2.68 bits per heavy atom. The molecule has 1 saturated heterocycles. The minimum absolute atomic E-state index is 0.108. The Bertz CT molecular complexity index is 557. The number of halogens is 1. The molecule has 1 aliphatic heterocycles. The Hall–Kier alpha value is -0.850. The van der Waals surface area contributed by atoms with E-state index in [9.17, 15) is 8.42 Å². The van der Waals surface area contributed by atoms with Crippen molar-refractivity contribution in [3.63, 3.8) is 0 Å². The smallest absolute Gasteiger partial charge is 0.262 e. The summed E-state index contributed by atoms with van der Waals surface area (Å²) in [6.45, 7) is 0.519. The van der Waals surface area contributed by atoms with E-state index in [0.717, 1.165) is 0 Å². The van der Waals surface area contributed by atoms with Gasteiger partial charge in [0.25, 0.3) is 5.17 Å². The highest BCUT2D eigenvalue weighted by Gasteiger charge is 2.27. The van der Waals surface area contributed by atoms with Crippen molar-refractivity contribution in [2.24, 2.45) is 5.92 Å².